The van der Waals surface area contributed by atoms with E-state index in [-0.39, 0.29) is 26.1 Å². The molecule has 4 aliphatic rings. The van der Waals surface area contributed by atoms with E-state index >= 15 is 0 Å². The first-order valence-electron chi connectivity index (χ1n) is 19.1. The maximum atomic E-state index is 13.6. The highest BCUT2D eigenvalue weighted by Crippen LogP contribution is 2.50. The van der Waals surface area contributed by atoms with Gasteiger partial charge in [-0.15, -0.1) is 0 Å². The molecule has 0 unspecified atom stereocenters. The Kier molecular flexibility index (Phi) is 12.6. The molecule has 0 amide bonds. The van der Waals surface area contributed by atoms with E-state index in [1.165, 1.54) is 52.0 Å². The molecule has 0 saturated carbocycles. The fourth-order valence-electron chi connectivity index (χ4n) is 7.95. The second kappa shape index (κ2) is 17.7. The van der Waals surface area contributed by atoms with Crippen molar-refractivity contribution in [1.29, 1.82) is 0 Å². The van der Waals surface area contributed by atoms with Gasteiger partial charge >= 0.3 is 5.97 Å². The Morgan fingerprint density at radius 1 is 0.759 bits per heavy atom. The number of hydrogen-bond acceptors (Lipinski definition) is 13. The molecule has 4 atom stereocenters. The first-order valence-corrected chi connectivity index (χ1v) is 19.1. The van der Waals surface area contributed by atoms with Crippen molar-refractivity contribution in [3.63, 3.8) is 0 Å². The van der Waals surface area contributed by atoms with Crippen LogP contribution < -0.4 is 23.7 Å². The van der Waals surface area contributed by atoms with Crippen molar-refractivity contribution >= 4 is 16.7 Å². The van der Waals surface area contributed by atoms with Crippen molar-refractivity contribution in [1.82, 2.24) is 9.80 Å². The number of likely N-dealkylation sites (N-methyl/N-ethyl adjacent to an activating group) is 1. The van der Waals surface area contributed by atoms with E-state index in [4.69, 9.17) is 47.4 Å². The summed E-state index contributed by atoms with van der Waals surface area (Å²) in [7, 11) is 8.64. The number of hydrogen-bond donors (Lipinski definition) is 0. The molecule has 294 valence electrons. The monoisotopic (exact) mass is 750 g/mol. The summed E-state index contributed by atoms with van der Waals surface area (Å²) in [5, 5.41) is 1.39. The Labute approximate surface area is 317 Å². The SMILES string of the molecule is COc1cc2c(O[C@@H]3OC[C@@H](OC)[C@H](OC)[C@H]3OCCCCCCCCN3CCN(C)CC3)c3c(c(-c4ccc5c(c4)OCO5)c2cc1OC)C(=O)OC3. The van der Waals surface area contributed by atoms with E-state index in [1.54, 1.807) is 28.4 Å². The van der Waals surface area contributed by atoms with Crippen LogP contribution in [-0.2, 0) is 30.3 Å². The second-order valence-electron chi connectivity index (χ2n) is 14.4. The van der Waals surface area contributed by atoms with E-state index in [1.807, 2.05) is 30.3 Å². The summed E-state index contributed by atoms with van der Waals surface area (Å²) in [6.45, 7) is 6.77. The summed E-state index contributed by atoms with van der Waals surface area (Å²) in [4.78, 5) is 18.6. The van der Waals surface area contributed by atoms with Gasteiger partial charge in [-0.1, -0.05) is 31.7 Å². The summed E-state index contributed by atoms with van der Waals surface area (Å²) in [5.74, 6) is 2.22. The number of rotatable bonds is 17. The molecule has 3 aromatic rings. The molecular weight excluding hydrogens is 696 g/mol. The predicted molar refractivity (Wildman–Crippen MR) is 201 cm³/mol. The number of unbranched alkanes of at least 4 members (excludes halogenated alkanes) is 5. The molecule has 2 saturated heterocycles. The molecule has 0 radical (unpaired) electrons. The van der Waals surface area contributed by atoms with Gasteiger partial charge in [0.15, 0.2) is 23.0 Å². The average molecular weight is 751 g/mol. The molecule has 7 rings (SSSR count). The molecule has 4 heterocycles. The molecule has 0 spiro atoms. The third-order valence-electron chi connectivity index (χ3n) is 11.0. The summed E-state index contributed by atoms with van der Waals surface area (Å²) in [6.07, 6.45) is 4.54. The van der Waals surface area contributed by atoms with Crippen LogP contribution in [-0.4, -0.2) is 129 Å². The lowest BCUT2D eigenvalue weighted by Crippen LogP contribution is -2.57. The zero-order valence-corrected chi connectivity index (χ0v) is 32.2. The van der Waals surface area contributed by atoms with E-state index in [0.717, 1.165) is 24.8 Å². The Bertz CT molecular complexity index is 1760. The van der Waals surface area contributed by atoms with E-state index < -0.39 is 24.5 Å². The zero-order valence-electron chi connectivity index (χ0n) is 32.2. The third kappa shape index (κ3) is 8.07. The van der Waals surface area contributed by atoms with Gasteiger partial charge < -0.3 is 57.2 Å². The number of piperazine rings is 1. The minimum absolute atomic E-state index is 0.0212. The van der Waals surface area contributed by atoms with Crippen molar-refractivity contribution in [2.75, 3.05) is 88.2 Å². The van der Waals surface area contributed by atoms with Crippen molar-refractivity contribution in [3.8, 4) is 39.9 Å². The largest absolute Gasteiger partial charge is 0.493 e. The minimum atomic E-state index is -0.872. The molecular formula is C41H54N2O11. The van der Waals surface area contributed by atoms with Gasteiger partial charge in [-0.2, -0.15) is 0 Å². The number of carbonyl (C=O) groups is 1. The average Bonchev–Trinajstić information content (AvgIpc) is 3.83. The van der Waals surface area contributed by atoms with Crippen LogP contribution in [0.4, 0.5) is 0 Å². The first kappa shape index (κ1) is 38.4. The maximum Gasteiger partial charge on any atom is 0.339 e. The maximum absolute atomic E-state index is 13.6. The Morgan fingerprint density at radius 2 is 1.48 bits per heavy atom. The number of nitrogens with zero attached hydrogens (tertiary/aromatic N) is 2. The minimum Gasteiger partial charge on any atom is -0.493 e. The highest BCUT2D eigenvalue weighted by Gasteiger charge is 2.45. The first-order chi connectivity index (χ1) is 26.4. The third-order valence-corrected chi connectivity index (χ3v) is 11.0. The van der Waals surface area contributed by atoms with Crippen LogP contribution in [0.1, 0.15) is 54.4 Å². The smallest absolute Gasteiger partial charge is 0.339 e. The van der Waals surface area contributed by atoms with Crippen molar-refractivity contribution in [2.24, 2.45) is 0 Å². The topological polar surface area (TPSA) is 116 Å². The molecule has 0 aromatic heterocycles. The fourth-order valence-corrected chi connectivity index (χ4v) is 7.95. The summed E-state index contributed by atoms with van der Waals surface area (Å²) >= 11 is 0. The highest BCUT2D eigenvalue weighted by atomic mass is 16.7. The van der Waals surface area contributed by atoms with Gasteiger partial charge in [0.05, 0.1) is 26.4 Å². The molecule has 4 aliphatic heterocycles. The Hall–Kier alpha value is -3.85. The van der Waals surface area contributed by atoms with Gasteiger partial charge in [-0.25, -0.2) is 4.79 Å². The van der Waals surface area contributed by atoms with E-state index in [9.17, 15) is 4.79 Å². The van der Waals surface area contributed by atoms with Crippen LogP contribution in [0, 0.1) is 0 Å². The molecule has 0 aliphatic carbocycles. The molecule has 13 heteroatoms. The molecule has 54 heavy (non-hydrogen) atoms. The van der Waals surface area contributed by atoms with Crippen LogP contribution in [0.15, 0.2) is 30.3 Å². The number of carbonyl (C=O) groups excluding carboxylic acids is 1. The number of ether oxygens (including phenoxy) is 10. The lowest BCUT2D eigenvalue weighted by atomic mass is 9.89. The Morgan fingerprint density at radius 3 is 2.22 bits per heavy atom. The molecule has 3 aromatic carbocycles. The van der Waals surface area contributed by atoms with Gasteiger partial charge in [0.2, 0.25) is 13.1 Å². The van der Waals surface area contributed by atoms with E-state index in [2.05, 4.69) is 16.8 Å². The van der Waals surface area contributed by atoms with Crippen molar-refractivity contribution in [2.45, 2.75) is 69.7 Å². The number of benzene rings is 3. The van der Waals surface area contributed by atoms with Crippen molar-refractivity contribution in [3.05, 3.63) is 41.5 Å². The van der Waals surface area contributed by atoms with E-state index in [0.29, 0.717) is 62.8 Å². The van der Waals surface area contributed by atoms with Crippen LogP contribution in [0.2, 0.25) is 0 Å². The van der Waals surface area contributed by atoms with Gasteiger partial charge in [0, 0.05) is 63.5 Å². The molecule has 13 nitrogen and oxygen atoms in total. The summed E-state index contributed by atoms with van der Waals surface area (Å²) in [5.41, 5.74) is 2.43. The molecule has 0 bridgehead atoms. The standard InChI is InChI=1S/C41H54N2O11/c1-42-15-17-43(18-16-42)14-10-8-6-7-9-11-19-49-39-38(48-5)34(47-4)24-51-41(39)54-37-28-22-32(46-3)31(45-2)21-27(28)35(36-29(37)23-50-40(36)44)26-12-13-30-33(20-26)53-25-52-30/h12-13,20-22,34,38-39,41H,6-11,14-19,23-25H2,1-5H3/t34-,38+,39-,41+/m1/s1. The fraction of sp³-hybridized carbons (Fsp3) is 0.585. The number of esters is 1. The van der Waals surface area contributed by atoms with Gasteiger partial charge in [-0.05, 0) is 61.6 Å². The number of methoxy groups -OCH3 is 4. The zero-order chi connectivity index (χ0) is 37.6. The number of fused-ring (bicyclic) bond motifs is 3. The van der Waals surface area contributed by atoms with Crippen LogP contribution in [0.3, 0.4) is 0 Å². The van der Waals surface area contributed by atoms with Crippen LogP contribution in [0.5, 0.6) is 28.7 Å². The van der Waals surface area contributed by atoms with Crippen LogP contribution >= 0.6 is 0 Å². The van der Waals surface area contributed by atoms with Gasteiger partial charge in [0.25, 0.3) is 0 Å². The van der Waals surface area contributed by atoms with Crippen LogP contribution in [0.25, 0.3) is 21.9 Å². The molecule has 0 N–H and O–H groups in total. The van der Waals surface area contributed by atoms with Crippen molar-refractivity contribution < 1.29 is 52.2 Å². The molecule has 2 fully saturated rings. The summed E-state index contributed by atoms with van der Waals surface area (Å²) in [6, 6.07) is 9.33. The quantitative estimate of drug-likeness (QED) is 0.125. The second-order valence-corrected chi connectivity index (χ2v) is 14.4. The number of cyclic esters (lactones) is 1. The lowest BCUT2D eigenvalue weighted by molar-refractivity contribution is -0.264. The highest BCUT2D eigenvalue weighted by molar-refractivity contribution is 6.14. The van der Waals surface area contributed by atoms with Gasteiger partial charge in [-0.3, -0.25) is 0 Å². The normalized spacial score (nSPS) is 22.7. The summed E-state index contributed by atoms with van der Waals surface area (Å²) < 4.78 is 59.9. The Balaban J connectivity index is 1.11. The lowest BCUT2D eigenvalue weighted by Gasteiger charge is -2.41. The van der Waals surface area contributed by atoms with Gasteiger partial charge in [0.1, 0.15) is 30.7 Å². The predicted octanol–water partition coefficient (Wildman–Crippen LogP) is 5.66.